The number of hydrogen-bond acceptors (Lipinski definition) is 5. The Morgan fingerprint density at radius 2 is 2.04 bits per heavy atom. The molecule has 122 valence electrons. The molecule has 6 nitrogen and oxygen atoms in total. The quantitative estimate of drug-likeness (QED) is 0.540. The molecule has 3 rings (SSSR count). The van der Waals surface area contributed by atoms with Gasteiger partial charge in [0.25, 0.3) is 11.6 Å². The lowest BCUT2D eigenvalue weighted by Crippen LogP contribution is -2.12. The summed E-state index contributed by atoms with van der Waals surface area (Å²) in [6, 6.07) is 7.89. The molecule has 1 heterocycles. The van der Waals surface area contributed by atoms with Gasteiger partial charge < -0.3 is 0 Å². The van der Waals surface area contributed by atoms with Crippen LogP contribution in [0.3, 0.4) is 0 Å². The fraction of sp³-hybridized carbons (Fsp3) is 0.125. The number of nitro benzene ring substituents is 1. The average Bonchev–Trinajstić information content (AvgIpc) is 2.94. The Bertz CT molecular complexity index is 984. The SMILES string of the molecule is Cc1ccc2sc(NC(=O)c3ccc(Cl)c([N+](=O)[O-])c3)nc2c1C. The highest BCUT2D eigenvalue weighted by molar-refractivity contribution is 7.22. The van der Waals surface area contributed by atoms with Crippen molar-refractivity contribution in [3.8, 4) is 0 Å². The number of aromatic nitrogens is 1. The van der Waals surface area contributed by atoms with Crippen LogP contribution < -0.4 is 5.32 Å². The molecule has 3 aromatic rings. The van der Waals surface area contributed by atoms with Crippen LogP contribution >= 0.6 is 22.9 Å². The minimum atomic E-state index is -0.622. The topological polar surface area (TPSA) is 85.1 Å². The van der Waals surface area contributed by atoms with Gasteiger partial charge in [-0.15, -0.1) is 0 Å². The van der Waals surface area contributed by atoms with E-state index in [1.54, 1.807) is 0 Å². The molecule has 0 radical (unpaired) electrons. The van der Waals surface area contributed by atoms with E-state index in [0.717, 1.165) is 27.4 Å². The van der Waals surface area contributed by atoms with Crippen molar-refractivity contribution in [3.05, 3.63) is 62.2 Å². The fourth-order valence-corrected chi connectivity index (χ4v) is 3.35. The summed E-state index contributed by atoms with van der Waals surface area (Å²) in [5.41, 5.74) is 2.88. The molecule has 0 fully saturated rings. The molecule has 0 aliphatic rings. The molecule has 0 saturated carbocycles. The van der Waals surface area contributed by atoms with Crippen LogP contribution in [0.2, 0.25) is 5.02 Å². The Hall–Kier alpha value is -2.51. The molecule has 2 aromatic carbocycles. The summed E-state index contributed by atoms with van der Waals surface area (Å²) in [4.78, 5) is 27.1. The molecule has 8 heteroatoms. The first-order valence-electron chi connectivity index (χ1n) is 6.99. The van der Waals surface area contributed by atoms with Crippen LogP contribution in [0.4, 0.5) is 10.8 Å². The van der Waals surface area contributed by atoms with E-state index in [4.69, 9.17) is 11.6 Å². The van der Waals surface area contributed by atoms with Crippen molar-refractivity contribution in [3.63, 3.8) is 0 Å². The van der Waals surface area contributed by atoms with Crippen molar-refractivity contribution in [1.29, 1.82) is 0 Å². The van der Waals surface area contributed by atoms with Gasteiger partial charge in [-0.2, -0.15) is 0 Å². The van der Waals surface area contributed by atoms with Crippen LogP contribution in [0, 0.1) is 24.0 Å². The van der Waals surface area contributed by atoms with Gasteiger partial charge in [-0.1, -0.05) is 29.0 Å². The molecule has 0 aliphatic carbocycles. The van der Waals surface area contributed by atoms with Gasteiger partial charge in [-0.05, 0) is 43.2 Å². The first-order chi connectivity index (χ1) is 11.4. The summed E-state index contributed by atoms with van der Waals surface area (Å²) in [5, 5.41) is 14.0. The number of benzene rings is 2. The number of halogens is 1. The zero-order valence-corrected chi connectivity index (χ0v) is 14.4. The fourth-order valence-electron chi connectivity index (χ4n) is 2.24. The molecule has 0 aliphatic heterocycles. The number of hydrogen-bond donors (Lipinski definition) is 1. The van der Waals surface area contributed by atoms with Crippen molar-refractivity contribution in [2.45, 2.75) is 13.8 Å². The van der Waals surface area contributed by atoms with E-state index in [0.29, 0.717) is 5.13 Å². The zero-order valence-electron chi connectivity index (χ0n) is 12.8. The summed E-state index contributed by atoms with van der Waals surface area (Å²) in [6.45, 7) is 3.98. The number of anilines is 1. The van der Waals surface area contributed by atoms with Gasteiger partial charge >= 0.3 is 0 Å². The highest BCUT2D eigenvalue weighted by atomic mass is 35.5. The van der Waals surface area contributed by atoms with Gasteiger partial charge in [0.05, 0.1) is 15.1 Å². The minimum Gasteiger partial charge on any atom is -0.298 e. The molecule has 0 saturated heterocycles. The van der Waals surface area contributed by atoms with Crippen LogP contribution in [-0.2, 0) is 0 Å². The van der Waals surface area contributed by atoms with E-state index in [1.165, 1.54) is 23.5 Å². The summed E-state index contributed by atoms with van der Waals surface area (Å²) in [7, 11) is 0. The number of amides is 1. The van der Waals surface area contributed by atoms with Crippen molar-refractivity contribution < 1.29 is 9.72 Å². The van der Waals surface area contributed by atoms with E-state index < -0.39 is 10.8 Å². The molecular weight excluding hydrogens is 350 g/mol. The van der Waals surface area contributed by atoms with Gasteiger partial charge in [0.2, 0.25) is 0 Å². The van der Waals surface area contributed by atoms with Crippen molar-refractivity contribution in [2.75, 3.05) is 5.32 Å². The highest BCUT2D eigenvalue weighted by Crippen LogP contribution is 2.30. The summed E-state index contributed by atoms with van der Waals surface area (Å²) >= 11 is 7.11. The highest BCUT2D eigenvalue weighted by Gasteiger charge is 2.17. The van der Waals surface area contributed by atoms with Gasteiger partial charge in [0, 0.05) is 11.6 Å². The van der Waals surface area contributed by atoms with Crippen LogP contribution in [-0.4, -0.2) is 15.8 Å². The third-order valence-corrected chi connectivity index (χ3v) is 4.97. The maximum atomic E-state index is 12.3. The Morgan fingerprint density at radius 1 is 1.29 bits per heavy atom. The number of carbonyl (C=O) groups is 1. The van der Waals surface area contributed by atoms with E-state index in [2.05, 4.69) is 10.3 Å². The Labute approximate surface area is 146 Å². The number of fused-ring (bicyclic) bond motifs is 1. The van der Waals surface area contributed by atoms with Crippen LogP contribution in [0.25, 0.3) is 10.2 Å². The van der Waals surface area contributed by atoms with Crippen molar-refractivity contribution >= 4 is 49.9 Å². The first-order valence-corrected chi connectivity index (χ1v) is 8.18. The molecule has 1 aromatic heterocycles. The second kappa shape index (κ2) is 6.18. The third-order valence-electron chi connectivity index (χ3n) is 3.71. The zero-order chi connectivity index (χ0) is 17.4. The lowest BCUT2D eigenvalue weighted by atomic mass is 10.1. The lowest BCUT2D eigenvalue weighted by Gasteiger charge is -2.02. The second-order valence-electron chi connectivity index (χ2n) is 5.25. The van der Waals surface area contributed by atoms with Crippen molar-refractivity contribution in [2.24, 2.45) is 0 Å². The molecule has 1 amide bonds. The maximum absolute atomic E-state index is 12.3. The summed E-state index contributed by atoms with van der Waals surface area (Å²) < 4.78 is 0.968. The monoisotopic (exact) mass is 361 g/mol. The first kappa shape index (κ1) is 16.4. The number of rotatable bonds is 3. The molecule has 0 unspecified atom stereocenters. The largest absolute Gasteiger partial charge is 0.298 e. The Kier molecular flexibility index (Phi) is 4.21. The van der Waals surface area contributed by atoms with Crippen LogP contribution in [0.5, 0.6) is 0 Å². The lowest BCUT2D eigenvalue weighted by molar-refractivity contribution is -0.384. The summed E-state index contributed by atoms with van der Waals surface area (Å²) in [6.07, 6.45) is 0. The molecule has 24 heavy (non-hydrogen) atoms. The van der Waals surface area contributed by atoms with Gasteiger partial charge in [-0.25, -0.2) is 4.98 Å². The normalized spacial score (nSPS) is 10.8. The Morgan fingerprint density at radius 3 is 2.75 bits per heavy atom. The molecular formula is C16H12ClN3O3S. The van der Waals surface area contributed by atoms with E-state index in [1.807, 2.05) is 26.0 Å². The maximum Gasteiger partial charge on any atom is 0.288 e. The number of nitrogens with one attached hydrogen (secondary N) is 1. The third kappa shape index (κ3) is 2.95. The second-order valence-corrected chi connectivity index (χ2v) is 6.69. The number of carbonyl (C=O) groups excluding carboxylic acids is 1. The number of thiazole rings is 1. The van der Waals surface area contributed by atoms with E-state index >= 15 is 0 Å². The minimum absolute atomic E-state index is 0.0114. The van der Waals surface area contributed by atoms with E-state index in [9.17, 15) is 14.9 Å². The number of nitro groups is 1. The molecule has 0 atom stereocenters. The van der Waals surface area contributed by atoms with E-state index in [-0.39, 0.29) is 16.3 Å². The van der Waals surface area contributed by atoms with Crippen LogP contribution in [0.1, 0.15) is 21.5 Å². The van der Waals surface area contributed by atoms with Gasteiger partial charge in [-0.3, -0.25) is 20.2 Å². The summed E-state index contributed by atoms with van der Waals surface area (Å²) in [5.74, 6) is -0.469. The Balaban J connectivity index is 1.91. The van der Waals surface area contributed by atoms with Gasteiger partial charge in [0.1, 0.15) is 5.02 Å². The smallest absolute Gasteiger partial charge is 0.288 e. The van der Waals surface area contributed by atoms with Gasteiger partial charge in [0.15, 0.2) is 5.13 Å². The molecule has 0 bridgehead atoms. The van der Waals surface area contributed by atoms with Crippen LogP contribution in [0.15, 0.2) is 30.3 Å². The number of aryl methyl sites for hydroxylation is 2. The average molecular weight is 362 g/mol. The number of nitrogens with zero attached hydrogens (tertiary/aromatic N) is 2. The standard InChI is InChI=1S/C16H12ClN3O3S/c1-8-3-6-13-14(9(8)2)18-16(24-13)19-15(21)10-4-5-11(17)12(7-10)20(22)23/h3-7H,1-2H3,(H,18,19,21). The molecule has 1 N–H and O–H groups in total. The predicted molar refractivity (Wildman–Crippen MR) is 95.2 cm³/mol. The molecule has 0 spiro atoms. The predicted octanol–water partition coefficient (Wildman–Crippen LogP) is 4.73. The van der Waals surface area contributed by atoms with Crippen molar-refractivity contribution in [1.82, 2.24) is 4.98 Å².